The van der Waals surface area contributed by atoms with Crippen LogP contribution in [0.25, 0.3) is 0 Å². The molecule has 1 heterocycles. The van der Waals surface area contributed by atoms with Crippen LogP contribution in [0.5, 0.6) is 0 Å². The van der Waals surface area contributed by atoms with Gasteiger partial charge in [-0.05, 0) is 19.3 Å². The van der Waals surface area contributed by atoms with Crippen molar-refractivity contribution in [1.29, 1.82) is 0 Å². The van der Waals surface area contributed by atoms with E-state index in [4.69, 9.17) is 4.74 Å². The number of hydrogen-bond acceptors (Lipinski definition) is 4. The molecule has 2 unspecified atom stereocenters. The number of hydrogen-bond donors (Lipinski definition) is 1. The molecular weight excluding hydrogens is 192 g/mol. The first-order valence-electron chi connectivity index (χ1n) is 5.39. The van der Waals surface area contributed by atoms with Gasteiger partial charge in [0, 0.05) is 32.9 Å². The molecule has 5 nitrogen and oxygen atoms in total. The summed E-state index contributed by atoms with van der Waals surface area (Å²) in [7, 11) is 3.67. The van der Waals surface area contributed by atoms with Crippen LogP contribution < -0.4 is 5.32 Å². The molecule has 1 fully saturated rings. The summed E-state index contributed by atoms with van der Waals surface area (Å²) in [4.78, 5) is 0. The van der Waals surface area contributed by atoms with Crippen molar-refractivity contribution >= 4 is 0 Å². The lowest BCUT2D eigenvalue weighted by Gasteiger charge is -2.11. The Balaban J connectivity index is 1.75. The molecule has 0 aromatic carbocycles. The van der Waals surface area contributed by atoms with Crippen LogP contribution in [-0.4, -0.2) is 34.2 Å². The first kappa shape index (κ1) is 10.6. The molecule has 1 aromatic heterocycles. The zero-order valence-electron chi connectivity index (χ0n) is 9.31. The van der Waals surface area contributed by atoms with Gasteiger partial charge >= 0.3 is 0 Å². The van der Waals surface area contributed by atoms with Crippen molar-refractivity contribution in [3.8, 4) is 0 Å². The van der Waals surface area contributed by atoms with Crippen LogP contribution in [-0.2, 0) is 18.3 Å². The number of rotatable bonds is 4. The van der Waals surface area contributed by atoms with Gasteiger partial charge in [-0.15, -0.1) is 5.10 Å². The zero-order valence-corrected chi connectivity index (χ0v) is 9.31. The van der Waals surface area contributed by atoms with Gasteiger partial charge in [-0.25, -0.2) is 0 Å². The van der Waals surface area contributed by atoms with Crippen LogP contribution in [0.3, 0.4) is 0 Å². The molecule has 1 aliphatic carbocycles. The largest absolute Gasteiger partial charge is 0.381 e. The van der Waals surface area contributed by atoms with Crippen LogP contribution in [0.15, 0.2) is 6.20 Å². The summed E-state index contributed by atoms with van der Waals surface area (Å²) < 4.78 is 7.05. The molecule has 1 aromatic rings. The Kier molecular flexibility index (Phi) is 3.33. The van der Waals surface area contributed by atoms with E-state index in [9.17, 15) is 0 Å². The fraction of sp³-hybridized carbons (Fsp3) is 0.800. The van der Waals surface area contributed by atoms with Gasteiger partial charge < -0.3 is 10.1 Å². The van der Waals surface area contributed by atoms with E-state index in [2.05, 4.69) is 15.6 Å². The minimum absolute atomic E-state index is 0.435. The van der Waals surface area contributed by atoms with Gasteiger partial charge in [-0.1, -0.05) is 5.21 Å². The number of aromatic nitrogens is 3. The van der Waals surface area contributed by atoms with Crippen LogP contribution >= 0.6 is 0 Å². The molecule has 0 aliphatic heterocycles. The molecule has 0 bridgehead atoms. The van der Waals surface area contributed by atoms with Crippen LogP contribution in [0, 0.1) is 0 Å². The van der Waals surface area contributed by atoms with Crippen LogP contribution in [0.4, 0.5) is 0 Å². The van der Waals surface area contributed by atoms with E-state index in [1.165, 1.54) is 6.42 Å². The van der Waals surface area contributed by atoms with Crippen molar-refractivity contribution in [2.24, 2.45) is 7.05 Å². The first-order chi connectivity index (χ1) is 7.28. The van der Waals surface area contributed by atoms with E-state index in [-0.39, 0.29) is 0 Å². The average molecular weight is 210 g/mol. The first-order valence-corrected chi connectivity index (χ1v) is 5.39. The van der Waals surface area contributed by atoms with Crippen molar-refractivity contribution < 1.29 is 4.74 Å². The smallest absolute Gasteiger partial charge is 0.0964 e. The number of aryl methyl sites for hydroxylation is 1. The standard InChI is InChI=1S/C10H18N4O/c1-14-7-9(12-13-14)6-11-8-3-4-10(5-8)15-2/h7-8,10-11H,3-6H2,1-2H3. The Bertz CT molecular complexity index is 312. The van der Waals surface area contributed by atoms with E-state index < -0.39 is 0 Å². The van der Waals surface area contributed by atoms with Gasteiger partial charge in [0.1, 0.15) is 0 Å². The molecular formula is C10H18N4O. The van der Waals surface area contributed by atoms with Crippen molar-refractivity contribution in [3.05, 3.63) is 11.9 Å². The topological polar surface area (TPSA) is 52.0 Å². The molecule has 0 amide bonds. The normalized spacial score (nSPS) is 26.0. The van der Waals surface area contributed by atoms with Gasteiger partial charge in [0.2, 0.25) is 0 Å². The van der Waals surface area contributed by atoms with E-state index in [0.29, 0.717) is 12.1 Å². The molecule has 15 heavy (non-hydrogen) atoms. The SMILES string of the molecule is COC1CCC(NCc2cn(C)nn2)C1. The van der Waals surface area contributed by atoms with Gasteiger partial charge in [-0.2, -0.15) is 0 Å². The summed E-state index contributed by atoms with van der Waals surface area (Å²) in [6.45, 7) is 0.801. The maximum Gasteiger partial charge on any atom is 0.0964 e. The maximum absolute atomic E-state index is 5.33. The lowest BCUT2D eigenvalue weighted by atomic mass is 10.2. The predicted molar refractivity (Wildman–Crippen MR) is 56.3 cm³/mol. The van der Waals surface area contributed by atoms with Gasteiger partial charge in [-0.3, -0.25) is 4.68 Å². The van der Waals surface area contributed by atoms with Crippen LogP contribution in [0.1, 0.15) is 25.0 Å². The average Bonchev–Trinajstić information content (AvgIpc) is 2.83. The Morgan fingerprint density at radius 3 is 3.07 bits per heavy atom. The minimum atomic E-state index is 0.435. The Hall–Kier alpha value is -0.940. The van der Waals surface area contributed by atoms with Crippen LogP contribution in [0.2, 0.25) is 0 Å². The van der Waals surface area contributed by atoms with E-state index in [1.54, 1.807) is 11.8 Å². The summed E-state index contributed by atoms with van der Waals surface area (Å²) in [5, 5.41) is 11.4. The molecule has 1 aliphatic rings. The number of nitrogens with zero attached hydrogens (tertiary/aromatic N) is 3. The van der Waals surface area contributed by atoms with E-state index >= 15 is 0 Å². The maximum atomic E-state index is 5.33. The van der Waals surface area contributed by atoms with Crippen molar-refractivity contribution in [2.75, 3.05) is 7.11 Å². The lowest BCUT2D eigenvalue weighted by Crippen LogP contribution is -2.26. The summed E-state index contributed by atoms with van der Waals surface area (Å²) in [6, 6.07) is 0.567. The summed E-state index contributed by atoms with van der Waals surface area (Å²) in [5.41, 5.74) is 0.998. The molecule has 5 heteroatoms. The summed E-state index contributed by atoms with van der Waals surface area (Å²) in [6.07, 6.45) is 5.84. The van der Waals surface area contributed by atoms with Crippen molar-refractivity contribution in [2.45, 2.75) is 38.0 Å². The highest BCUT2D eigenvalue weighted by molar-refractivity contribution is 4.92. The third-order valence-electron chi connectivity index (χ3n) is 2.94. The summed E-state index contributed by atoms with van der Waals surface area (Å²) >= 11 is 0. The van der Waals surface area contributed by atoms with Gasteiger partial charge in [0.05, 0.1) is 11.8 Å². The molecule has 0 saturated heterocycles. The highest BCUT2D eigenvalue weighted by Gasteiger charge is 2.23. The third kappa shape index (κ3) is 2.76. The second-order valence-corrected chi connectivity index (χ2v) is 4.13. The molecule has 2 atom stereocenters. The highest BCUT2D eigenvalue weighted by atomic mass is 16.5. The minimum Gasteiger partial charge on any atom is -0.381 e. The molecule has 2 rings (SSSR count). The highest BCUT2D eigenvalue weighted by Crippen LogP contribution is 2.21. The summed E-state index contributed by atoms with van der Waals surface area (Å²) in [5.74, 6) is 0. The second-order valence-electron chi connectivity index (χ2n) is 4.13. The molecule has 84 valence electrons. The fourth-order valence-corrected chi connectivity index (χ4v) is 2.06. The van der Waals surface area contributed by atoms with E-state index in [1.807, 2.05) is 13.2 Å². The molecule has 0 radical (unpaired) electrons. The quantitative estimate of drug-likeness (QED) is 0.785. The molecule has 1 saturated carbocycles. The molecule has 1 N–H and O–H groups in total. The van der Waals surface area contributed by atoms with E-state index in [0.717, 1.165) is 25.1 Å². The monoisotopic (exact) mass is 210 g/mol. The number of nitrogens with one attached hydrogen (secondary N) is 1. The van der Waals surface area contributed by atoms with Crippen molar-refractivity contribution in [3.63, 3.8) is 0 Å². The second kappa shape index (κ2) is 4.72. The lowest BCUT2D eigenvalue weighted by molar-refractivity contribution is 0.107. The Morgan fingerprint density at radius 2 is 2.47 bits per heavy atom. The van der Waals surface area contributed by atoms with Gasteiger partial charge in [0.25, 0.3) is 0 Å². The molecule has 0 spiro atoms. The predicted octanol–water partition coefficient (Wildman–Crippen LogP) is 0.472. The van der Waals surface area contributed by atoms with Crippen molar-refractivity contribution in [1.82, 2.24) is 20.3 Å². The fourth-order valence-electron chi connectivity index (χ4n) is 2.06. The van der Waals surface area contributed by atoms with Gasteiger partial charge in [0.15, 0.2) is 0 Å². The Labute approximate surface area is 89.8 Å². The Morgan fingerprint density at radius 1 is 1.60 bits per heavy atom. The number of methoxy groups -OCH3 is 1. The zero-order chi connectivity index (χ0) is 10.7. The number of ether oxygens (including phenoxy) is 1. The third-order valence-corrected chi connectivity index (χ3v) is 2.94.